The van der Waals surface area contributed by atoms with Gasteiger partial charge in [-0.25, -0.2) is 8.78 Å². The average Bonchev–Trinajstić information content (AvgIpc) is 2.37. The summed E-state index contributed by atoms with van der Waals surface area (Å²) in [6.45, 7) is -0.790. The minimum Gasteiger partial charge on any atom is -0.395 e. The minimum absolute atomic E-state index is 0.0507. The molecule has 0 heterocycles. The number of nitrogens with zero attached hydrogens (tertiary/aromatic N) is 1. The predicted octanol–water partition coefficient (Wildman–Crippen LogP) is 0.982. The first-order chi connectivity index (χ1) is 8.55. The topological polar surface area (TPSA) is 66.6 Å². The summed E-state index contributed by atoms with van der Waals surface area (Å²) in [5, 5.41) is 8.88. The molecule has 0 unspecified atom stereocenters. The van der Waals surface area contributed by atoms with E-state index in [1.54, 1.807) is 0 Å². The molecule has 4 nitrogen and oxygen atoms in total. The number of carbonyl (C=O) groups excluding carboxylic acids is 1. The molecule has 18 heavy (non-hydrogen) atoms. The molecule has 0 saturated heterocycles. The molecule has 0 aromatic heterocycles. The molecular formula is C12H22F2N2O2. The maximum absolute atomic E-state index is 12.5. The molecule has 106 valence electrons. The van der Waals surface area contributed by atoms with E-state index in [0.29, 0.717) is 12.8 Å². The molecule has 6 heteroatoms. The van der Waals surface area contributed by atoms with Crippen LogP contribution in [0.5, 0.6) is 0 Å². The molecular weight excluding hydrogens is 242 g/mol. The van der Waals surface area contributed by atoms with Crippen LogP contribution < -0.4 is 5.73 Å². The van der Waals surface area contributed by atoms with Crippen molar-refractivity contribution < 1.29 is 18.7 Å². The summed E-state index contributed by atoms with van der Waals surface area (Å²) in [7, 11) is 0. The van der Waals surface area contributed by atoms with E-state index in [0.717, 1.165) is 24.2 Å². The Balaban J connectivity index is 2.77. The van der Waals surface area contributed by atoms with E-state index in [-0.39, 0.29) is 25.6 Å². The van der Waals surface area contributed by atoms with Crippen molar-refractivity contribution in [3.8, 4) is 0 Å². The molecule has 1 aliphatic rings. The Kier molecular flexibility index (Phi) is 5.95. The van der Waals surface area contributed by atoms with Crippen molar-refractivity contribution in [2.24, 2.45) is 11.1 Å². The van der Waals surface area contributed by atoms with Crippen LogP contribution in [0.25, 0.3) is 0 Å². The number of rotatable bonds is 6. The second-order valence-corrected chi connectivity index (χ2v) is 4.91. The Hall–Kier alpha value is -0.750. The van der Waals surface area contributed by atoms with Crippen LogP contribution in [0, 0.1) is 5.41 Å². The highest BCUT2D eigenvalue weighted by molar-refractivity contribution is 5.83. The number of hydrogen-bond donors (Lipinski definition) is 2. The van der Waals surface area contributed by atoms with E-state index < -0.39 is 18.4 Å². The number of alkyl halides is 2. The van der Waals surface area contributed by atoms with Crippen LogP contribution in [-0.2, 0) is 4.79 Å². The van der Waals surface area contributed by atoms with Crippen LogP contribution in [0.2, 0.25) is 0 Å². The lowest BCUT2D eigenvalue weighted by molar-refractivity contribution is -0.146. The van der Waals surface area contributed by atoms with Gasteiger partial charge in [0.25, 0.3) is 6.43 Å². The predicted molar refractivity (Wildman–Crippen MR) is 64.2 cm³/mol. The van der Waals surface area contributed by atoms with E-state index in [1.807, 2.05) is 0 Å². The first kappa shape index (κ1) is 15.3. The number of nitrogens with two attached hydrogens (primary N) is 1. The fraction of sp³-hybridized carbons (Fsp3) is 0.917. The van der Waals surface area contributed by atoms with Gasteiger partial charge in [-0.05, 0) is 12.8 Å². The lowest BCUT2D eigenvalue weighted by Crippen LogP contribution is -2.51. The molecule has 0 aliphatic heterocycles. The fourth-order valence-electron chi connectivity index (χ4n) is 2.63. The second kappa shape index (κ2) is 6.99. The Morgan fingerprint density at radius 2 is 1.94 bits per heavy atom. The molecule has 1 saturated carbocycles. The molecule has 1 rings (SSSR count). The standard InChI is InChI=1S/C12H22F2N2O2/c13-10(14)8-16(6-7-17)11(18)12(9-15)4-2-1-3-5-12/h10,17H,1-9,15H2. The Bertz CT molecular complexity index is 269. The van der Waals surface area contributed by atoms with Gasteiger partial charge in [-0.3, -0.25) is 4.79 Å². The van der Waals surface area contributed by atoms with Crippen LogP contribution in [0.1, 0.15) is 32.1 Å². The van der Waals surface area contributed by atoms with Crippen molar-refractivity contribution >= 4 is 5.91 Å². The first-order valence-corrected chi connectivity index (χ1v) is 6.44. The Morgan fingerprint density at radius 1 is 1.33 bits per heavy atom. The number of amides is 1. The summed E-state index contributed by atoms with van der Waals surface area (Å²) >= 11 is 0. The monoisotopic (exact) mass is 264 g/mol. The van der Waals surface area contributed by atoms with E-state index in [2.05, 4.69) is 0 Å². The third-order valence-corrected chi connectivity index (χ3v) is 3.67. The van der Waals surface area contributed by atoms with Gasteiger partial charge in [0.2, 0.25) is 5.91 Å². The third kappa shape index (κ3) is 3.62. The highest BCUT2D eigenvalue weighted by Crippen LogP contribution is 2.37. The zero-order valence-corrected chi connectivity index (χ0v) is 10.6. The quantitative estimate of drug-likeness (QED) is 0.751. The van der Waals surface area contributed by atoms with Gasteiger partial charge in [0.05, 0.1) is 18.6 Å². The Morgan fingerprint density at radius 3 is 2.39 bits per heavy atom. The van der Waals surface area contributed by atoms with Crippen molar-refractivity contribution in [1.29, 1.82) is 0 Å². The van der Waals surface area contributed by atoms with Crippen LogP contribution in [0.15, 0.2) is 0 Å². The minimum atomic E-state index is -2.58. The molecule has 0 bridgehead atoms. The van der Waals surface area contributed by atoms with Gasteiger partial charge in [0.15, 0.2) is 0 Å². The van der Waals surface area contributed by atoms with E-state index in [9.17, 15) is 13.6 Å². The highest BCUT2D eigenvalue weighted by atomic mass is 19.3. The van der Waals surface area contributed by atoms with Gasteiger partial charge in [0, 0.05) is 13.1 Å². The first-order valence-electron chi connectivity index (χ1n) is 6.44. The highest BCUT2D eigenvalue weighted by Gasteiger charge is 2.41. The zero-order valence-electron chi connectivity index (χ0n) is 10.6. The summed E-state index contributed by atoms with van der Waals surface area (Å²) < 4.78 is 24.9. The molecule has 0 aromatic rings. The molecule has 1 fully saturated rings. The van der Waals surface area contributed by atoms with Crippen molar-refractivity contribution in [3.63, 3.8) is 0 Å². The van der Waals surface area contributed by atoms with Crippen molar-refractivity contribution in [1.82, 2.24) is 4.90 Å². The van der Waals surface area contributed by atoms with Crippen molar-refractivity contribution in [2.45, 2.75) is 38.5 Å². The maximum Gasteiger partial charge on any atom is 0.255 e. The maximum atomic E-state index is 12.5. The van der Waals surface area contributed by atoms with E-state index >= 15 is 0 Å². The third-order valence-electron chi connectivity index (χ3n) is 3.67. The van der Waals surface area contributed by atoms with Gasteiger partial charge in [0.1, 0.15) is 0 Å². The Labute approximate surface area is 106 Å². The molecule has 1 amide bonds. The van der Waals surface area contributed by atoms with Gasteiger partial charge >= 0.3 is 0 Å². The summed E-state index contributed by atoms with van der Waals surface area (Å²) in [5.41, 5.74) is 5.01. The number of halogens is 2. The van der Waals surface area contributed by atoms with E-state index in [4.69, 9.17) is 10.8 Å². The lowest BCUT2D eigenvalue weighted by Gasteiger charge is -2.38. The molecule has 0 atom stereocenters. The molecule has 1 aliphatic carbocycles. The van der Waals surface area contributed by atoms with Gasteiger partial charge in [-0.2, -0.15) is 0 Å². The fourth-order valence-corrected chi connectivity index (χ4v) is 2.63. The van der Waals surface area contributed by atoms with Crippen molar-refractivity contribution in [2.75, 3.05) is 26.2 Å². The largest absolute Gasteiger partial charge is 0.395 e. The lowest BCUT2D eigenvalue weighted by atomic mass is 9.73. The van der Waals surface area contributed by atoms with E-state index in [1.165, 1.54) is 0 Å². The number of hydrogen-bond acceptors (Lipinski definition) is 3. The zero-order chi connectivity index (χ0) is 13.6. The summed E-state index contributed by atoms with van der Waals surface area (Å²) in [5.74, 6) is -0.320. The molecule has 0 radical (unpaired) electrons. The average molecular weight is 264 g/mol. The van der Waals surface area contributed by atoms with Crippen LogP contribution in [0.4, 0.5) is 8.78 Å². The summed E-state index contributed by atoms with van der Waals surface area (Å²) in [6.07, 6.45) is 1.61. The SMILES string of the molecule is NCC1(C(=O)N(CCO)CC(F)F)CCCCC1. The molecule has 0 aromatic carbocycles. The van der Waals surface area contributed by atoms with Crippen LogP contribution in [-0.4, -0.2) is 48.6 Å². The normalized spacial score (nSPS) is 18.9. The second-order valence-electron chi connectivity index (χ2n) is 4.91. The molecule has 0 spiro atoms. The van der Waals surface area contributed by atoms with Gasteiger partial charge < -0.3 is 15.7 Å². The smallest absolute Gasteiger partial charge is 0.255 e. The van der Waals surface area contributed by atoms with Gasteiger partial charge in [-0.15, -0.1) is 0 Å². The van der Waals surface area contributed by atoms with Gasteiger partial charge in [-0.1, -0.05) is 19.3 Å². The van der Waals surface area contributed by atoms with Crippen molar-refractivity contribution in [3.05, 3.63) is 0 Å². The summed E-state index contributed by atoms with van der Waals surface area (Å²) in [4.78, 5) is 13.4. The van der Waals surface area contributed by atoms with Crippen LogP contribution >= 0.6 is 0 Å². The summed E-state index contributed by atoms with van der Waals surface area (Å²) in [6, 6.07) is 0. The number of carbonyl (C=O) groups is 1. The number of aliphatic hydroxyl groups is 1. The number of aliphatic hydroxyl groups excluding tert-OH is 1. The molecule has 3 N–H and O–H groups in total. The van der Waals surface area contributed by atoms with Crippen LogP contribution in [0.3, 0.4) is 0 Å².